The van der Waals surface area contributed by atoms with Gasteiger partial charge < -0.3 is 5.32 Å². The number of carbonyl (C=O) groups excluding carboxylic acids is 1. The lowest BCUT2D eigenvalue weighted by Gasteiger charge is -2.04. The van der Waals surface area contributed by atoms with Gasteiger partial charge >= 0.3 is 6.03 Å². The van der Waals surface area contributed by atoms with Crippen LogP contribution in [0.15, 0.2) is 35.7 Å². The third-order valence-electron chi connectivity index (χ3n) is 2.17. The normalized spacial score (nSPS) is 9.94. The second kappa shape index (κ2) is 5.45. The highest BCUT2D eigenvalue weighted by molar-refractivity contribution is 7.13. The van der Waals surface area contributed by atoms with E-state index in [4.69, 9.17) is 0 Å². The average molecular weight is 247 g/mol. The number of benzene rings is 1. The fourth-order valence-corrected chi connectivity index (χ4v) is 2.10. The van der Waals surface area contributed by atoms with Crippen LogP contribution in [0.5, 0.6) is 0 Å². The largest absolute Gasteiger partial charge is 0.325 e. The van der Waals surface area contributed by atoms with E-state index in [9.17, 15) is 4.79 Å². The highest BCUT2D eigenvalue weighted by Gasteiger charge is 2.05. The molecule has 0 aliphatic rings. The number of thiazole rings is 1. The SMILES string of the molecule is CCc1csc(NC(=O)Nc2ccccc2)n1. The van der Waals surface area contributed by atoms with Crippen LogP contribution in [0.1, 0.15) is 12.6 Å². The number of hydrogen-bond donors (Lipinski definition) is 2. The first-order valence-electron chi connectivity index (χ1n) is 5.35. The van der Waals surface area contributed by atoms with E-state index in [1.54, 1.807) is 0 Å². The van der Waals surface area contributed by atoms with E-state index in [1.807, 2.05) is 42.6 Å². The topological polar surface area (TPSA) is 54.0 Å². The molecule has 2 N–H and O–H groups in total. The smallest absolute Gasteiger partial charge is 0.308 e. The number of amides is 2. The van der Waals surface area contributed by atoms with Gasteiger partial charge in [-0.1, -0.05) is 25.1 Å². The summed E-state index contributed by atoms with van der Waals surface area (Å²) in [6, 6.07) is 9.03. The van der Waals surface area contributed by atoms with Crippen LogP contribution in [0.3, 0.4) is 0 Å². The van der Waals surface area contributed by atoms with Gasteiger partial charge in [-0.2, -0.15) is 0 Å². The van der Waals surface area contributed by atoms with Crippen molar-refractivity contribution in [3.05, 3.63) is 41.4 Å². The minimum absolute atomic E-state index is 0.270. The lowest BCUT2D eigenvalue weighted by molar-refractivity contribution is 0.262. The van der Waals surface area contributed by atoms with Crippen molar-refractivity contribution in [3.63, 3.8) is 0 Å². The third-order valence-corrected chi connectivity index (χ3v) is 2.97. The Morgan fingerprint density at radius 1 is 1.29 bits per heavy atom. The molecular formula is C12H13N3OS. The number of rotatable bonds is 3. The third kappa shape index (κ3) is 3.29. The summed E-state index contributed by atoms with van der Waals surface area (Å²) in [7, 11) is 0. The van der Waals surface area contributed by atoms with Gasteiger partial charge in [0.2, 0.25) is 0 Å². The number of hydrogen-bond acceptors (Lipinski definition) is 3. The monoisotopic (exact) mass is 247 g/mol. The van der Waals surface area contributed by atoms with Gasteiger partial charge in [-0.3, -0.25) is 5.32 Å². The van der Waals surface area contributed by atoms with E-state index < -0.39 is 0 Å². The summed E-state index contributed by atoms with van der Waals surface area (Å²) in [6.07, 6.45) is 0.873. The average Bonchev–Trinajstić information content (AvgIpc) is 2.78. The zero-order valence-corrected chi connectivity index (χ0v) is 10.3. The van der Waals surface area contributed by atoms with Crippen molar-refractivity contribution in [1.82, 2.24) is 4.98 Å². The molecule has 0 saturated carbocycles. The Morgan fingerprint density at radius 2 is 2.06 bits per heavy atom. The molecule has 0 unspecified atom stereocenters. The second-order valence-corrected chi connectivity index (χ2v) is 4.30. The van der Waals surface area contributed by atoms with Gasteiger partial charge in [0.15, 0.2) is 5.13 Å². The van der Waals surface area contributed by atoms with Crippen LogP contribution in [-0.2, 0) is 6.42 Å². The van der Waals surface area contributed by atoms with E-state index in [-0.39, 0.29) is 6.03 Å². The Labute approximate surface area is 104 Å². The highest BCUT2D eigenvalue weighted by atomic mass is 32.1. The van der Waals surface area contributed by atoms with E-state index in [0.29, 0.717) is 5.13 Å². The summed E-state index contributed by atoms with van der Waals surface area (Å²) >= 11 is 1.43. The number of nitrogens with zero attached hydrogens (tertiary/aromatic N) is 1. The van der Waals surface area contributed by atoms with Crippen molar-refractivity contribution < 1.29 is 4.79 Å². The van der Waals surface area contributed by atoms with Crippen molar-refractivity contribution in [1.29, 1.82) is 0 Å². The number of aryl methyl sites for hydroxylation is 1. The number of carbonyl (C=O) groups is 1. The molecule has 1 aromatic heterocycles. The molecule has 2 aromatic rings. The molecule has 0 radical (unpaired) electrons. The van der Waals surface area contributed by atoms with Crippen LogP contribution < -0.4 is 10.6 Å². The van der Waals surface area contributed by atoms with Crippen LogP contribution in [0.4, 0.5) is 15.6 Å². The van der Waals surface area contributed by atoms with E-state index >= 15 is 0 Å². The van der Waals surface area contributed by atoms with Gasteiger partial charge in [-0.15, -0.1) is 11.3 Å². The summed E-state index contributed by atoms with van der Waals surface area (Å²) in [6.45, 7) is 2.03. The summed E-state index contributed by atoms with van der Waals surface area (Å²) in [5.41, 5.74) is 1.75. The number of aromatic nitrogens is 1. The fourth-order valence-electron chi connectivity index (χ4n) is 1.31. The lowest BCUT2D eigenvalue weighted by Crippen LogP contribution is -2.19. The Morgan fingerprint density at radius 3 is 2.71 bits per heavy atom. The zero-order valence-electron chi connectivity index (χ0n) is 9.43. The van der Waals surface area contributed by atoms with Crippen molar-refractivity contribution in [2.45, 2.75) is 13.3 Å². The molecule has 0 fully saturated rings. The van der Waals surface area contributed by atoms with Gasteiger partial charge in [0.05, 0.1) is 5.69 Å². The molecule has 1 heterocycles. The second-order valence-electron chi connectivity index (χ2n) is 3.44. The van der Waals surface area contributed by atoms with Gasteiger partial charge in [0, 0.05) is 11.1 Å². The van der Waals surface area contributed by atoms with E-state index in [1.165, 1.54) is 11.3 Å². The summed E-state index contributed by atoms with van der Waals surface area (Å²) < 4.78 is 0. The Hall–Kier alpha value is -1.88. The van der Waals surface area contributed by atoms with Gasteiger partial charge in [0.25, 0.3) is 0 Å². The lowest BCUT2D eigenvalue weighted by atomic mass is 10.3. The minimum Gasteiger partial charge on any atom is -0.308 e. The standard InChI is InChI=1S/C12H13N3OS/c1-2-9-8-17-12(14-9)15-11(16)13-10-6-4-3-5-7-10/h3-8H,2H2,1H3,(H2,13,14,15,16). The molecule has 1 aromatic carbocycles. The van der Waals surface area contributed by atoms with Crippen molar-refractivity contribution in [2.24, 2.45) is 0 Å². The molecule has 0 saturated heterocycles. The van der Waals surface area contributed by atoms with E-state index in [2.05, 4.69) is 15.6 Å². The summed E-state index contributed by atoms with van der Waals surface area (Å²) in [5, 5.41) is 8.00. The van der Waals surface area contributed by atoms with Crippen LogP contribution in [0, 0.1) is 0 Å². The molecule has 0 aliphatic carbocycles. The quantitative estimate of drug-likeness (QED) is 0.873. The van der Waals surface area contributed by atoms with Crippen LogP contribution in [-0.4, -0.2) is 11.0 Å². The fraction of sp³-hybridized carbons (Fsp3) is 0.167. The molecule has 0 atom stereocenters. The molecular weight excluding hydrogens is 234 g/mol. The molecule has 0 aliphatic heterocycles. The molecule has 0 bridgehead atoms. The maximum atomic E-state index is 11.6. The molecule has 88 valence electrons. The predicted octanol–water partition coefficient (Wildman–Crippen LogP) is 3.35. The first kappa shape index (κ1) is 11.6. The summed E-state index contributed by atoms with van der Waals surface area (Å²) in [5.74, 6) is 0. The number of urea groups is 1. The molecule has 5 heteroatoms. The van der Waals surface area contributed by atoms with Crippen molar-refractivity contribution in [2.75, 3.05) is 10.6 Å². The first-order chi connectivity index (χ1) is 8.28. The van der Waals surface area contributed by atoms with Gasteiger partial charge in [-0.25, -0.2) is 9.78 Å². The van der Waals surface area contributed by atoms with Gasteiger partial charge in [-0.05, 0) is 18.6 Å². The molecule has 4 nitrogen and oxygen atoms in total. The molecule has 2 rings (SSSR count). The Kier molecular flexibility index (Phi) is 3.72. The Bertz CT molecular complexity index is 495. The van der Waals surface area contributed by atoms with Crippen molar-refractivity contribution in [3.8, 4) is 0 Å². The maximum absolute atomic E-state index is 11.6. The highest BCUT2D eigenvalue weighted by Crippen LogP contribution is 2.16. The first-order valence-corrected chi connectivity index (χ1v) is 6.23. The number of nitrogens with one attached hydrogen (secondary N) is 2. The van der Waals surface area contributed by atoms with Crippen LogP contribution in [0.25, 0.3) is 0 Å². The Balaban J connectivity index is 1.93. The number of anilines is 2. The predicted molar refractivity (Wildman–Crippen MR) is 70.6 cm³/mol. The number of para-hydroxylation sites is 1. The molecule has 2 amide bonds. The molecule has 0 spiro atoms. The zero-order chi connectivity index (χ0) is 12.1. The molecule has 17 heavy (non-hydrogen) atoms. The van der Waals surface area contributed by atoms with E-state index in [0.717, 1.165) is 17.8 Å². The van der Waals surface area contributed by atoms with Crippen LogP contribution >= 0.6 is 11.3 Å². The maximum Gasteiger partial charge on any atom is 0.325 e. The van der Waals surface area contributed by atoms with Crippen molar-refractivity contribution >= 4 is 28.2 Å². The summed E-state index contributed by atoms with van der Waals surface area (Å²) in [4.78, 5) is 15.9. The van der Waals surface area contributed by atoms with Gasteiger partial charge in [0.1, 0.15) is 0 Å². The minimum atomic E-state index is -0.270. The van der Waals surface area contributed by atoms with Crippen LogP contribution in [0.2, 0.25) is 0 Å².